The Labute approximate surface area is 158 Å². The zero-order chi connectivity index (χ0) is 19.4. The van der Waals surface area contributed by atoms with Gasteiger partial charge in [0.2, 0.25) is 0 Å². The molecule has 7 heteroatoms. The van der Waals surface area contributed by atoms with Crippen molar-refractivity contribution in [2.24, 2.45) is 0 Å². The normalized spacial score (nSPS) is 16.5. The number of methoxy groups -OCH3 is 2. The summed E-state index contributed by atoms with van der Waals surface area (Å²) in [7, 11) is 3.02. The van der Waals surface area contributed by atoms with E-state index in [0.717, 1.165) is 22.5 Å². The maximum absolute atomic E-state index is 12.4. The van der Waals surface area contributed by atoms with Gasteiger partial charge in [0.15, 0.2) is 11.5 Å². The van der Waals surface area contributed by atoms with Gasteiger partial charge in [-0.15, -0.1) is 0 Å². The molecular formula is C20H25N3O4. The topological polar surface area (TPSA) is 76.7 Å². The smallest absolute Gasteiger partial charge is 0.323 e. The predicted octanol–water partition coefficient (Wildman–Crippen LogP) is 2.47. The fourth-order valence-electron chi connectivity index (χ4n) is 3.25. The van der Waals surface area contributed by atoms with E-state index in [1.54, 1.807) is 13.4 Å². The van der Waals surface area contributed by atoms with E-state index in [2.05, 4.69) is 21.4 Å². The van der Waals surface area contributed by atoms with Crippen LogP contribution in [0.5, 0.6) is 11.5 Å². The Kier molecular flexibility index (Phi) is 5.81. The van der Waals surface area contributed by atoms with Crippen molar-refractivity contribution < 1.29 is 19.0 Å². The molecule has 0 spiro atoms. The standard InChI is InChI=1S/C20H25N3O4/c1-13(2)11-27-19-14(6-5-7-18(19)25-3)9-23-10-16-15(21-12-22-16)8-17(23)20(24)26-4/h5-7,12,17H,1,8-11H2,2-4H3,(H,21,22)/t17-/m0/s1. The molecule has 0 saturated heterocycles. The van der Waals surface area contributed by atoms with E-state index in [1.807, 2.05) is 25.1 Å². The van der Waals surface area contributed by atoms with Crippen LogP contribution >= 0.6 is 0 Å². The molecule has 0 bridgehead atoms. The molecule has 0 saturated carbocycles. The van der Waals surface area contributed by atoms with Crippen LogP contribution < -0.4 is 9.47 Å². The molecule has 1 aromatic heterocycles. The van der Waals surface area contributed by atoms with Crippen molar-refractivity contribution in [1.29, 1.82) is 0 Å². The number of aromatic nitrogens is 2. The molecule has 1 N–H and O–H groups in total. The first kappa shape index (κ1) is 19.0. The third-order valence-electron chi connectivity index (χ3n) is 4.59. The van der Waals surface area contributed by atoms with Crippen LogP contribution in [-0.2, 0) is 29.0 Å². The second-order valence-electron chi connectivity index (χ2n) is 6.67. The van der Waals surface area contributed by atoms with Crippen LogP contribution in [0, 0.1) is 0 Å². The number of ether oxygens (including phenoxy) is 3. The Bertz CT molecular complexity index is 830. The van der Waals surface area contributed by atoms with Crippen LogP contribution in [0.4, 0.5) is 0 Å². The number of hydrogen-bond donors (Lipinski definition) is 1. The van der Waals surface area contributed by atoms with E-state index in [0.29, 0.717) is 37.6 Å². The molecule has 1 aliphatic rings. The maximum atomic E-state index is 12.4. The highest BCUT2D eigenvalue weighted by molar-refractivity contribution is 5.76. The summed E-state index contributed by atoms with van der Waals surface area (Å²) in [6.45, 7) is 7.29. The third-order valence-corrected chi connectivity index (χ3v) is 4.59. The summed E-state index contributed by atoms with van der Waals surface area (Å²) in [4.78, 5) is 21.9. The Morgan fingerprint density at radius 1 is 1.41 bits per heavy atom. The number of carbonyl (C=O) groups is 1. The van der Waals surface area contributed by atoms with Crippen molar-refractivity contribution in [3.8, 4) is 11.5 Å². The van der Waals surface area contributed by atoms with Gasteiger partial charge in [-0.3, -0.25) is 9.69 Å². The SMILES string of the molecule is C=C(C)COc1c(CN2Cc3[nH]cnc3C[C@H]2C(=O)OC)cccc1OC. The first-order valence-corrected chi connectivity index (χ1v) is 8.79. The number of rotatable bonds is 7. The van der Waals surface area contributed by atoms with Gasteiger partial charge in [-0.25, -0.2) is 4.98 Å². The molecule has 0 amide bonds. The minimum atomic E-state index is -0.397. The zero-order valence-electron chi connectivity index (χ0n) is 15.9. The summed E-state index contributed by atoms with van der Waals surface area (Å²) in [5.74, 6) is 1.06. The van der Waals surface area contributed by atoms with Crippen LogP contribution in [0.3, 0.4) is 0 Å². The minimum Gasteiger partial charge on any atom is -0.493 e. The van der Waals surface area contributed by atoms with Crippen LogP contribution in [0.1, 0.15) is 23.9 Å². The second kappa shape index (κ2) is 8.26. The summed E-state index contributed by atoms with van der Waals surface area (Å²) >= 11 is 0. The monoisotopic (exact) mass is 371 g/mol. The van der Waals surface area contributed by atoms with Gasteiger partial charge in [0.1, 0.15) is 12.6 Å². The second-order valence-corrected chi connectivity index (χ2v) is 6.67. The maximum Gasteiger partial charge on any atom is 0.323 e. The van der Waals surface area contributed by atoms with Gasteiger partial charge in [-0.2, -0.15) is 0 Å². The Hall–Kier alpha value is -2.80. The van der Waals surface area contributed by atoms with Gasteiger partial charge < -0.3 is 19.2 Å². The number of H-pyrrole nitrogens is 1. The largest absolute Gasteiger partial charge is 0.493 e. The summed E-state index contributed by atoms with van der Waals surface area (Å²) in [6, 6.07) is 5.36. The number of fused-ring (bicyclic) bond motifs is 1. The summed E-state index contributed by atoms with van der Waals surface area (Å²) in [5, 5.41) is 0. The van der Waals surface area contributed by atoms with E-state index in [1.165, 1.54) is 7.11 Å². The van der Waals surface area contributed by atoms with Crippen molar-refractivity contribution in [2.45, 2.75) is 32.5 Å². The summed E-state index contributed by atoms with van der Waals surface area (Å²) in [6.07, 6.45) is 2.17. The van der Waals surface area contributed by atoms with E-state index in [9.17, 15) is 4.79 Å². The summed E-state index contributed by atoms with van der Waals surface area (Å²) < 4.78 is 16.4. The number of carbonyl (C=O) groups excluding carboxylic acids is 1. The molecule has 1 aromatic carbocycles. The molecule has 0 aliphatic carbocycles. The fraction of sp³-hybridized carbons (Fsp3) is 0.400. The Balaban J connectivity index is 1.90. The van der Waals surface area contributed by atoms with E-state index >= 15 is 0 Å². The molecular weight excluding hydrogens is 346 g/mol. The highest BCUT2D eigenvalue weighted by atomic mass is 16.5. The number of nitrogens with zero attached hydrogens (tertiary/aromatic N) is 2. The van der Waals surface area contributed by atoms with Crippen molar-refractivity contribution in [3.05, 3.63) is 53.6 Å². The zero-order valence-corrected chi connectivity index (χ0v) is 15.9. The van der Waals surface area contributed by atoms with Crippen molar-refractivity contribution >= 4 is 5.97 Å². The molecule has 0 radical (unpaired) electrons. The lowest BCUT2D eigenvalue weighted by Gasteiger charge is -2.33. The van der Waals surface area contributed by atoms with Crippen LogP contribution in [0.25, 0.3) is 0 Å². The lowest BCUT2D eigenvalue weighted by molar-refractivity contribution is -0.148. The number of para-hydroxylation sites is 1. The molecule has 0 unspecified atom stereocenters. The first-order valence-electron chi connectivity index (χ1n) is 8.79. The van der Waals surface area contributed by atoms with Gasteiger partial charge in [-0.05, 0) is 18.6 Å². The molecule has 1 aliphatic heterocycles. The Morgan fingerprint density at radius 2 is 2.22 bits per heavy atom. The quantitative estimate of drug-likeness (QED) is 0.595. The van der Waals surface area contributed by atoms with Gasteiger partial charge >= 0.3 is 5.97 Å². The molecule has 7 nitrogen and oxygen atoms in total. The van der Waals surface area contributed by atoms with Crippen LogP contribution in [-0.4, -0.2) is 47.7 Å². The first-order chi connectivity index (χ1) is 13.0. The minimum absolute atomic E-state index is 0.268. The molecule has 2 aromatic rings. The number of aromatic amines is 1. The van der Waals surface area contributed by atoms with Crippen LogP contribution in [0.15, 0.2) is 36.7 Å². The molecule has 2 heterocycles. The summed E-state index contributed by atoms with van der Waals surface area (Å²) in [5.41, 5.74) is 3.78. The number of esters is 1. The number of nitrogens with one attached hydrogen (secondary N) is 1. The average Bonchev–Trinajstić information content (AvgIpc) is 3.12. The van der Waals surface area contributed by atoms with Gasteiger partial charge in [-0.1, -0.05) is 18.7 Å². The number of imidazole rings is 1. The molecule has 0 fully saturated rings. The average molecular weight is 371 g/mol. The van der Waals surface area contributed by atoms with Gasteiger partial charge in [0.25, 0.3) is 0 Å². The van der Waals surface area contributed by atoms with E-state index < -0.39 is 6.04 Å². The van der Waals surface area contributed by atoms with E-state index in [-0.39, 0.29) is 5.97 Å². The molecule has 27 heavy (non-hydrogen) atoms. The number of hydrogen-bond acceptors (Lipinski definition) is 6. The third kappa shape index (κ3) is 4.14. The fourth-order valence-corrected chi connectivity index (χ4v) is 3.25. The predicted molar refractivity (Wildman–Crippen MR) is 101 cm³/mol. The van der Waals surface area contributed by atoms with E-state index in [4.69, 9.17) is 14.2 Å². The molecule has 144 valence electrons. The van der Waals surface area contributed by atoms with Gasteiger partial charge in [0, 0.05) is 25.1 Å². The lowest BCUT2D eigenvalue weighted by atomic mass is 10.0. The molecule has 3 rings (SSSR count). The Morgan fingerprint density at radius 3 is 2.93 bits per heavy atom. The van der Waals surface area contributed by atoms with Crippen molar-refractivity contribution in [1.82, 2.24) is 14.9 Å². The van der Waals surface area contributed by atoms with Gasteiger partial charge in [0.05, 0.1) is 31.9 Å². The lowest BCUT2D eigenvalue weighted by Crippen LogP contribution is -2.45. The highest BCUT2D eigenvalue weighted by Crippen LogP contribution is 2.34. The molecule has 1 atom stereocenters. The van der Waals surface area contributed by atoms with Crippen molar-refractivity contribution in [2.75, 3.05) is 20.8 Å². The highest BCUT2D eigenvalue weighted by Gasteiger charge is 2.34. The van der Waals surface area contributed by atoms with Crippen molar-refractivity contribution in [3.63, 3.8) is 0 Å². The number of benzene rings is 1. The van der Waals surface area contributed by atoms with Crippen LogP contribution in [0.2, 0.25) is 0 Å².